The SMILES string of the molecule is Cc1cccc(COc2ccc(/C=C3/NC(=O)N(Cc4cccc(C)c4)C3=O)cc2Br)c1. The Morgan fingerprint density at radius 2 is 1.62 bits per heavy atom. The minimum Gasteiger partial charge on any atom is -0.488 e. The quantitative estimate of drug-likeness (QED) is 0.354. The Bertz CT molecular complexity index is 1220. The van der Waals surface area contributed by atoms with Gasteiger partial charge < -0.3 is 10.1 Å². The van der Waals surface area contributed by atoms with Gasteiger partial charge in [-0.1, -0.05) is 65.7 Å². The van der Waals surface area contributed by atoms with Crippen LogP contribution in [-0.4, -0.2) is 16.8 Å². The van der Waals surface area contributed by atoms with Crippen LogP contribution >= 0.6 is 15.9 Å². The van der Waals surface area contributed by atoms with Crippen LogP contribution in [0.5, 0.6) is 5.75 Å². The van der Waals surface area contributed by atoms with Gasteiger partial charge in [-0.2, -0.15) is 0 Å². The van der Waals surface area contributed by atoms with Crippen molar-refractivity contribution in [3.8, 4) is 5.75 Å². The third-order valence-electron chi connectivity index (χ3n) is 5.13. The Morgan fingerprint density at radius 3 is 2.31 bits per heavy atom. The lowest BCUT2D eigenvalue weighted by atomic mass is 10.1. The normalized spacial score (nSPS) is 14.7. The van der Waals surface area contributed by atoms with Crippen LogP contribution in [0, 0.1) is 13.8 Å². The highest BCUT2D eigenvalue weighted by Gasteiger charge is 2.33. The lowest BCUT2D eigenvalue weighted by Crippen LogP contribution is -2.30. The fourth-order valence-corrected chi connectivity index (χ4v) is 4.07. The fourth-order valence-electron chi connectivity index (χ4n) is 3.56. The Kier molecular flexibility index (Phi) is 6.42. The molecule has 0 spiro atoms. The monoisotopic (exact) mass is 490 g/mol. The average molecular weight is 491 g/mol. The number of imide groups is 1. The molecule has 0 radical (unpaired) electrons. The van der Waals surface area contributed by atoms with E-state index in [0.717, 1.165) is 26.7 Å². The van der Waals surface area contributed by atoms with E-state index in [1.165, 1.54) is 10.5 Å². The highest BCUT2D eigenvalue weighted by Crippen LogP contribution is 2.28. The molecule has 3 amide bonds. The lowest BCUT2D eigenvalue weighted by Gasteiger charge is -2.12. The Hall–Kier alpha value is -3.38. The Morgan fingerprint density at radius 1 is 0.938 bits per heavy atom. The number of urea groups is 1. The summed E-state index contributed by atoms with van der Waals surface area (Å²) in [4.78, 5) is 26.4. The molecule has 3 aromatic carbocycles. The van der Waals surface area contributed by atoms with Gasteiger partial charge in [-0.3, -0.25) is 9.69 Å². The first-order valence-electron chi connectivity index (χ1n) is 10.3. The maximum atomic E-state index is 12.8. The first-order chi connectivity index (χ1) is 15.4. The summed E-state index contributed by atoms with van der Waals surface area (Å²) >= 11 is 3.54. The molecule has 0 bridgehead atoms. The highest BCUT2D eigenvalue weighted by atomic mass is 79.9. The van der Waals surface area contributed by atoms with Crippen molar-refractivity contribution in [1.29, 1.82) is 0 Å². The van der Waals surface area contributed by atoms with Crippen LogP contribution in [0.4, 0.5) is 4.79 Å². The molecule has 0 aromatic heterocycles. The Balaban J connectivity index is 1.45. The van der Waals surface area contributed by atoms with Crippen molar-refractivity contribution in [3.05, 3.63) is 105 Å². The van der Waals surface area contributed by atoms with Crippen LogP contribution < -0.4 is 10.1 Å². The van der Waals surface area contributed by atoms with Gasteiger partial charge in [0, 0.05) is 0 Å². The predicted octanol–water partition coefficient (Wildman–Crippen LogP) is 5.74. The van der Waals surface area contributed by atoms with E-state index in [1.807, 2.05) is 74.5 Å². The molecule has 1 fully saturated rings. The average Bonchev–Trinajstić information content (AvgIpc) is 3.01. The summed E-state index contributed by atoms with van der Waals surface area (Å²) in [6, 6.07) is 21.1. The van der Waals surface area contributed by atoms with E-state index in [9.17, 15) is 9.59 Å². The van der Waals surface area contributed by atoms with Crippen molar-refractivity contribution in [2.24, 2.45) is 0 Å². The zero-order chi connectivity index (χ0) is 22.7. The molecule has 4 rings (SSSR count). The minimum atomic E-state index is -0.417. The largest absolute Gasteiger partial charge is 0.488 e. The molecule has 6 heteroatoms. The summed E-state index contributed by atoms with van der Waals surface area (Å²) in [5.41, 5.74) is 5.30. The first-order valence-corrected chi connectivity index (χ1v) is 11.1. The molecule has 1 aliphatic rings. The number of rotatable bonds is 6. The number of nitrogens with one attached hydrogen (secondary N) is 1. The van der Waals surface area contributed by atoms with E-state index in [0.29, 0.717) is 12.4 Å². The van der Waals surface area contributed by atoms with Crippen LogP contribution in [0.3, 0.4) is 0 Å². The summed E-state index contributed by atoms with van der Waals surface area (Å²) in [6.07, 6.45) is 1.67. The van der Waals surface area contributed by atoms with E-state index in [-0.39, 0.29) is 18.1 Å². The molecule has 32 heavy (non-hydrogen) atoms. The van der Waals surface area contributed by atoms with Gasteiger partial charge in [0.2, 0.25) is 0 Å². The zero-order valence-electron chi connectivity index (χ0n) is 17.9. The lowest BCUT2D eigenvalue weighted by molar-refractivity contribution is -0.123. The summed E-state index contributed by atoms with van der Waals surface area (Å²) in [6.45, 7) is 4.72. The third kappa shape index (κ3) is 5.08. The summed E-state index contributed by atoms with van der Waals surface area (Å²) < 4.78 is 6.69. The standard InChI is InChI=1S/C26H23BrN2O3/c1-17-5-3-7-20(11-17)15-29-25(30)23(28-26(29)31)14-19-9-10-24(22(27)13-19)32-16-21-8-4-6-18(2)12-21/h3-14H,15-16H2,1-2H3,(H,28,31)/b23-14+. The number of aryl methyl sites for hydroxylation is 2. The van der Waals surface area contributed by atoms with E-state index >= 15 is 0 Å². The smallest absolute Gasteiger partial charge is 0.329 e. The van der Waals surface area contributed by atoms with Crippen molar-refractivity contribution in [2.75, 3.05) is 0 Å². The number of hydrogen-bond acceptors (Lipinski definition) is 3. The topological polar surface area (TPSA) is 58.6 Å². The second kappa shape index (κ2) is 9.40. The maximum Gasteiger partial charge on any atom is 0.329 e. The van der Waals surface area contributed by atoms with E-state index in [4.69, 9.17) is 4.74 Å². The Labute approximate surface area is 195 Å². The van der Waals surface area contributed by atoms with Gasteiger partial charge in [0.1, 0.15) is 18.1 Å². The molecule has 0 atom stereocenters. The van der Waals surface area contributed by atoms with Crippen molar-refractivity contribution in [2.45, 2.75) is 27.0 Å². The minimum absolute atomic E-state index is 0.235. The van der Waals surface area contributed by atoms with Crippen LogP contribution in [0.2, 0.25) is 0 Å². The summed E-state index contributed by atoms with van der Waals surface area (Å²) in [7, 11) is 0. The zero-order valence-corrected chi connectivity index (χ0v) is 19.5. The predicted molar refractivity (Wildman–Crippen MR) is 128 cm³/mol. The molecule has 0 saturated carbocycles. The number of carbonyl (C=O) groups excluding carboxylic acids is 2. The molecule has 1 N–H and O–H groups in total. The van der Waals surface area contributed by atoms with Gasteiger partial charge in [-0.05, 0) is 64.7 Å². The number of carbonyl (C=O) groups is 2. The van der Waals surface area contributed by atoms with Gasteiger partial charge >= 0.3 is 6.03 Å². The van der Waals surface area contributed by atoms with E-state index in [1.54, 1.807) is 6.08 Å². The number of nitrogens with zero attached hydrogens (tertiary/aromatic N) is 1. The summed E-state index contributed by atoms with van der Waals surface area (Å²) in [5, 5.41) is 2.68. The van der Waals surface area contributed by atoms with Crippen LogP contribution in [0.15, 0.2) is 76.9 Å². The third-order valence-corrected chi connectivity index (χ3v) is 5.75. The number of halogens is 1. The molecule has 1 saturated heterocycles. The second-order valence-electron chi connectivity index (χ2n) is 7.84. The number of ether oxygens (including phenoxy) is 1. The van der Waals surface area contributed by atoms with Gasteiger partial charge in [0.25, 0.3) is 5.91 Å². The van der Waals surface area contributed by atoms with Crippen LogP contribution in [0.25, 0.3) is 6.08 Å². The van der Waals surface area contributed by atoms with E-state index in [2.05, 4.69) is 27.3 Å². The van der Waals surface area contributed by atoms with Gasteiger partial charge in [-0.15, -0.1) is 0 Å². The maximum absolute atomic E-state index is 12.8. The molecule has 1 heterocycles. The van der Waals surface area contributed by atoms with Gasteiger partial charge in [0.15, 0.2) is 0 Å². The van der Waals surface area contributed by atoms with Gasteiger partial charge in [-0.25, -0.2) is 4.79 Å². The molecule has 0 aliphatic carbocycles. The molecule has 162 valence electrons. The molecule has 3 aromatic rings. The van der Waals surface area contributed by atoms with E-state index < -0.39 is 6.03 Å². The van der Waals surface area contributed by atoms with Crippen molar-refractivity contribution < 1.29 is 14.3 Å². The highest BCUT2D eigenvalue weighted by molar-refractivity contribution is 9.10. The van der Waals surface area contributed by atoms with Crippen LogP contribution in [0.1, 0.15) is 27.8 Å². The second-order valence-corrected chi connectivity index (χ2v) is 8.69. The number of hydrogen-bond donors (Lipinski definition) is 1. The van der Waals surface area contributed by atoms with Gasteiger partial charge in [0.05, 0.1) is 11.0 Å². The molecule has 1 aliphatic heterocycles. The summed E-state index contributed by atoms with van der Waals surface area (Å²) in [5.74, 6) is 0.365. The molecule has 5 nitrogen and oxygen atoms in total. The van der Waals surface area contributed by atoms with Crippen molar-refractivity contribution in [3.63, 3.8) is 0 Å². The van der Waals surface area contributed by atoms with Crippen LogP contribution in [-0.2, 0) is 17.9 Å². The van der Waals surface area contributed by atoms with Crippen molar-refractivity contribution >= 4 is 33.9 Å². The fraction of sp³-hybridized carbons (Fsp3) is 0.154. The number of amides is 3. The first kappa shape index (κ1) is 21.8. The van der Waals surface area contributed by atoms with Crippen molar-refractivity contribution in [1.82, 2.24) is 10.2 Å². The molecule has 0 unspecified atom stereocenters. The number of benzene rings is 3. The molecular weight excluding hydrogens is 468 g/mol. The molecular formula is C26H23BrN2O3.